The van der Waals surface area contributed by atoms with E-state index in [0.29, 0.717) is 13.2 Å². The van der Waals surface area contributed by atoms with Crippen molar-refractivity contribution in [3.05, 3.63) is 95.6 Å². The van der Waals surface area contributed by atoms with Gasteiger partial charge in [0.15, 0.2) is 0 Å². The van der Waals surface area contributed by atoms with E-state index >= 15 is 0 Å². The molecule has 0 saturated heterocycles. The number of fused-ring (bicyclic) bond motifs is 1. The maximum absolute atomic E-state index is 13.0. The van der Waals surface area contributed by atoms with E-state index in [9.17, 15) is 9.59 Å². The molecule has 2 atom stereocenters. The molecule has 0 fully saturated rings. The van der Waals surface area contributed by atoms with Gasteiger partial charge in [0.25, 0.3) is 0 Å². The van der Waals surface area contributed by atoms with Crippen molar-refractivity contribution in [2.75, 3.05) is 25.1 Å². The van der Waals surface area contributed by atoms with Crippen molar-refractivity contribution in [1.29, 1.82) is 0 Å². The maximum atomic E-state index is 13.0. The first-order chi connectivity index (χ1) is 17.4. The minimum atomic E-state index is -0.702. The smallest absolute Gasteiger partial charge is 0.243 e. The molecule has 7 heteroatoms. The summed E-state index contributed by atoms with van der Waals surface area (Å²) in [5.74, 6) is 0.261. The van der Waals surface area contributed by atoms with Crippen molar-refractivity contribution in [3.8, 4) is 5.75 Å². The zero-order valence-electron chi connectivity index (χ0n) is 20.9. The molecule has 186 valence electrons. The first-order valence-corrected chi connectivity index (χ1v) is 12.2. The standard InChI is InChI=1S/C29H32N4O3/c1-4-36-23-16-14-21(15-17-23)18-27(34)30-20(2)29(35)32-26-19-33(3)25-13-9-8-12-24(25)28(31-26)22-10-6-5-7-11-22/h5-17,20,26H,4,18-19H2,1-3H3,(H,30,34)(H,32,35)/t20?,26-/m1/s1. The molecule has 4 rings (SSSR count). The van der Waals surface area contributed by atoms with Gasteiger partial charge in [-0.2, -0.15) is 0 Å². The third-order valence-electron chi connectivity index (χ3n) is 6.03. The quantitative estimate of drug-likeness (QED) is 0.512. The van der Waals surface area contributed by atoms with Crippen LogP contribution in [0.15, 0.2) is 83.9 Å². The van der Waals surface area contributed by atoms with Crippen LogP contribution in [0.25, 0.3) is 0 Å². The molecular formula is C29H32N4O3. The summed E-state index contributed by atoms with van der Waals surface area (Å²) >= 11 is 0. The van der Waals surface area contributed by atoms with Crippen LogP contribution in [-0.4, -0.2) is 49.9 Å². The number of hydrogen-bond donors (Lipinski definition) is 2. The second-order valence-electron chi connectivity index (χ2n) is 8.81. The average Bonchev–Trinajstić information content (AvgIpc) is 3.02. The van der Waals surface area contributed by atoms with E-state index in [1.54, 1.807) is 6.92 Å². The summed E-state index contributed by atoms with van der Waals surface area (Å²) in [5.41, 5.74) is 4.72. The lowest BCUT2D eigenvalue weighted by Gasteiger charge is -2.24. The largest absolute Gasteiger partial charge is 0.494 e. The number of benzodiazepines with no additional fused rings is 1. The first-order valence-electron chi connectivity index (χ1n) is 12.2. The molecule has 2 N–H and O–H groups in total. The number of rotatable bonds is 8. The summed E-state index contributed by atoms with van der Waals surface area (Å²) in [4.78, 5) is 32.6. The lowest BCUT2D eigenvalue weighted by Crippen LogP contribution is -2.50. The fourth-order valence-corrected chi connectivity index (χ4v) is 4.24. The Hall–Kier alpha value is -4.13. The van der Waals surface area contributed by atoms with Crippen molar-refractivity contribution in [2.24, 2.45) is 4.99 Å². The number of carbonyl (C=O) groups excluding carboxylic acids is 2. The van der Waals surface area contributed by atoms with Gasteiger partial charge in [-0.25, -0.2) is 0 Å². The highest BCUT2D eigenvalue weighted by Gasteiger charge is 2.25. The normalized spacial score (nSPS) is 15.7. The Labute approximate surface area is 212 Å². The third-order valence-corrected chi connectivity index (χ3v) is 6.03. The van der Waals surface area contributed by atoms with Gasteiger partial charge >= 0.3 is 0 Å². The van der Waals surface area contributed by atoms with Gasteiger partial charge < -0.3 is 20.3 Å². The van der Waals surface area contributed by atoms with Crippen LogP contribution in [-0.2, 0) is 16.0 Å². The van der Waals surface area contributed by atoms with Crippen molar-refractivity contribution in [3.63, 3.8) is 0 Å². The van der Waals surface area contributed by atoms with Crippen molar-refractivity contribution < 1.29 is 14.3 Å². The summed E-state index contributed by atoms with van der Waals surface area (Å²) in [6.07, 6.45) is -0.294. The number of amides is 2. The number of carbonyl (C=O) groups is 2. The van der Waals surface area contributed by atoms with E-state index in [-0.39, 0.29) is 18.2 Å². The predicted octanol–water partition coefficient (Wildman–Crippen LogP) is 3.56. The van der Waals surface area contributed by atoms with Crippen molar-refractivity contribution >= 4 is 23.2 Å². The Morgan fingerprint density at radius 2 is 1.72 bits per heavy atom. The predicted molar refractivity (Wildman–Crippen MR) is 143 cm³/mol. The molecule has 0 spiro atoms. The van der Waals surface area contributed by atoms with Gasteiger partial charge in [-0.1, -0.05) is 60.7 Å². The summed E-state index contributed by atoms with van der Waals surface area (Å²) in [5, 5.41) is 5.82. The molecule has 0 radical (unpaired) electrons. The van der Waals surface area contributed by atoms with Crippen molar-refractivity contribution in [1.82, 2.24) is 10.6 Å². The van der Waals surface area contributed by atoms with E-state index in [1.165, 1.54) is 0 Å². The second-order valence-corrected chi connectivity index (χ2v) is 8.81. The summed E-state index contributed by atoms with van der Waals surface area (Å²) < 4.78 is 5.44. The Balaban J connectivity index is 1.44. The lowest BCUT2D eigenvalue weighted by atomic mass is 10.0. The molecule has 0 saturated carbocycles. The minimum Gasteiger partial charge on any atom is -0.494 e. The fraction of sp³-hybridized carbons (Fsp3) is 0.276. The number of aliphatic imine (C=N–C) groups is 1. The zero-order chi connectivity index (χ0) is 25.5. The highest BCUT2D eigenvalue weighted by atomic mass is 16.5. The maximum Gasteiger partial charge on any atom is 0.243 e. The van der Waals surface area contributed by atoms with Crippen LogP contribution in [0.2, 0.25) is 0 Å². The fourth-order valence-electron chi connectivity index (χ4n) is 4.24. The molecular weight excluding hydrogens is 452 g/mol. The molecule has 0 bridgehead atoms. The number of likely N-dealkylation sites (N-methyl/N-ethyl adjacent to an activating group) is 1. The molecule has 7 nitrogen and oxygen atoms in total. The van der Waals surface area contributed by atoms with Gasteiger partial charge in [-0.15, -0.1) is 0 Å². The highest BCUT2D eigenvalue weighted by Crippen LogP contribution is 2.26. The molecule has 0 aromatic heterocycles. The van der Waals surface area contributed by atoms with Crippen LogP contribution < -0.4 is 20.3 Å². The Kier molecular flexibility index (Phi) is 8.00. The second kappa shape index (κ2) is 11.5. The Morgan fingerprint density at radius 3 is 2.44 bits per heavy atom. The van der Waals surface area contributed by atoms with Gasteiger partial charge in [0.1, 0.15) is 18.0 Å². The average molecular weight is 485 g/mol. The molecule has 1 unspecified atom stereocenters. The number of anilines is 1. The van der Waals surface area contributed by atoms with Crippen LogP contribution in [0, 0.1) is 0 Å². The van der Waals surface area contributed by atoms with Gasteiger partial charge in [0.2, 0.25) is 11.8 Å². The van der Waals surface area contributed by atoms with Gasteiger partial charge in [-0.3, -0.25) is 14.6 Å². The zero-order valence-corrected chi connectivity index (χ0v) is 20.9. The molecule has 2 amide bonds. The number of ether oxygens (including phenoxy) is 1. The van der Waals surface area contributed by atoms with Gasteiger partial charge in [-0.05, 0) is 37.6 Å². The van der Waals surface area contributed by atoms with E-state index in [4.69, 9.17) is 9.73 Å². The topological polar surface area (TPSA) is 83.0 Å². The summed E-state index contributed by atoms with van der Waals surface area (Å²) in [6.45, 7) is 4.70. The molecule has 36 heavy (non-hydrogen) atoms. The van der Waals surface area contributed by atoms with E-state index < -0.39 is 12.2 Å². The van der Waals surface area contributed by atoms with E-state index in [1.807, 2.05) is 86.8 Å². The van der Waals surface area contributed by atoms with Crippen LogP contribution in [0.4, 0.5) is 5.69 Å². The minimum absolute atomic E-state index is 0.182. The number of nitrogens with one attached hydrogen (secondary N) is 2. The van der Waals surface area contributed by atoms with E-state index in [2.05, 4.69) is 21.6 Å². The van der Waals surface area contributed by atoms with E-state index in [0.717, 1.165) is 33.8 Å². The van der Waals surface area contributed by atoms with Crippen LogP contribution in [0.3, 0.4) is 0 Å². The summed E-state index contributed by atoms with van der Waals surface area (Å²) in [7, 11) is 1.99. The molecule has 1 heterocycles. The highest BCUT2D eigenvalue weighted by molar-refractivity contribution is 6.16. The summed E-state index contributed by atoms with van der Waals surface area (Å²) in [6, 6.07) is 24.7. The number of benzene rings is 3. The first kappa shape index (κ1) is 25.0. The number of nitrogens with zero attached hydrogens (tertiary/aromatic N) is 2. The molecule has 3 aromatic rings. The SMILES string of the molecule is CCOc1ccc(CC(=O)NC(C)C(=O)N[C@@H]2CN(C)c3ccccc3C(c3ccccc3)=N2)cc1. The molecule has 1 aliphatic rings. The molecule has 0 aliphatic carbocycles. The van der Waals surface area contributed by atoms with Crippen LogP contribution >= 0.6 is 0 Å². The molecule has 3 aromatic carbocycles. The molecule has 1 aliphatic heterocycles. The monoisotopic (exact) mass is 484 g/mol. The van der Waals surface area contributed by atoms with Gasteiger partial charge in [0.05, 0.1) is 25.3 Å². The van der Waals surface area contributed by atoms with Crippen molar-refractivity contribution in [2.45, 2.75) is 32.5 Å². The number of para-hydroxylation sites is 1. The van der Waals surface area contributed by atoms with Gasteiger partial charge in [0, 0.05) is 23.9 Å². The van der Waals surface area contributed by atoms with Crippen LogP contribution in [0.1, 0.15) is 30.5 Å². The third kappa shape index (κ3) is 6.10. The Bertz CT molecular complexity index is 1220. The number of hydrogen-bond acceptors (Lipinski definition) is 5. The lowest BCUT2D eigenvalue weighted by molar-refractivity contribution is -0.128. The Morgan fingerprint density at radius 1 is 1.03 bits per heavy atom. The van der Waals surface area contributed by atoms with Crippen LogP contribution in [0.5, 0.6) is 5.75 Å².